The van der Waals surface area contributed by atoms with Crippen molar-refractivity contribution in [3.05, 3.63) is 53.1 Å². The molecular formula is C17H14ClN3O3S. The Morgan fingerprint density at radius 2 is 2.00 bits per heavy atom. The number of carbonyl (C=O) groups is 1. The van der Waals surface area contributed by atoms with Crippen LogP contribution in [0.15, 0.2) is 52.1 Å². The molecule has 8 heteroatoms. The molecule has 0 aliphatic rings. The fourth-order valence-electron chi connectivity index (χ4n) is 2.00. The number of phenols is 1. The molecule has 0 fully saturated rings. The second-order valence-corrected chi connectivity index (χ2v) is 6.60. The number of hydrogen-bond donors (Lipinski definition) is 2. The molecular weight excluding hydrogens is 362 g/mol. The maximum atomic E-state index is 12.0. The number of nitrogens with zero attached hydrogens (tertiary/aromatic N) is 2. The molecule has 0 atom stereocenters. The Balaban J connectivity index is 1.59. The number of amides is 1. The molecule has 2 aromatic carbocycles. The Morgan fingerprint density at radius 1 is 1.24 bits per heavy atom. The van der Waals surface area contributed by atoms with Crippen LogP contribution in [0.2, 0.25) is 5.02 Å². The largest absolute Gasteiger partial charge is 0.506 e. The summed E-state index contributed by atoms with van der Waals surface area (Å²) in [6.45, 7) is 2.00. The normalized spacial score (nSPS) is 10.6. The van der Waals surface area contributed by atoms with Crippen molar-refractivity contribution < 1.29 is 14.3 Å². The van der Waals surface area contributed by atoms with Crippen molar-refractivity contribution in [2.24, 2.45) is 0 Å². The first kappa shape index (κ1) is 17.3. The van der Waals surface area contributed by atoms with Crippen molar-refractivity contribution >= 4 is 35.0 Å². The van der Waals surface area contributed by atoms with Crippen molar-refractivity contribution in [1.29, 1.82) is 0 Å². The lowest BCUT2D eigenvalue weighted by Crippen LogP contribution is -2.14. The standard InChI is InChI=1S/C17H14ClN3O3S/c1-10-2-4-11(5-3-10)16-20-21-17(24-16)25-9-15(23)19-13-8-12(18)6-7-14(13)22/h2-8,22H,9H2,1H3,(H,19,23). The van der Waals surface area contributed by atoms with Crippen LogP contribution in [0.1, 0.15) is 5.56 Å². The van der Waals surface area contributed by atoms with Crippen LogP contribution in [-0.2, 0) is 4.79 Å². The molecule has 2 N–H and O–H groups in total. The van der Waals surface area contributed by atoms with E-state index in [0.717, 1.165) is 22.9 Å². The van der Waals surface area contributed by atoms with Gasteiger partial charge in [0.1, 0.15) is 5.75 Å². The molecule has 25 heavy (non-hydrogen) atoms. The Kier molecular flexibility index (Phi) is 5.25. The highest BCUT2D eigenvalue weighted by molar-refractivity contribution is 7.99. The van der Waals surface area contributed by atoms with E-state index in [2.05, 4.69) is 15.5 Å². The number of hydrogen-bond acceptors (Lipinski definition) is 6. The molecule has 0 saturated carbocycles. The van der Waals surface area contributed by atoms with Gasteiger partial charge in [0.05, 0.1) is 11.4 Å². The summed E-state index contributed by atoms with van der Waals surface area (Å²) in [4.78, 5) is 12.0. The number of phenolic OH excluding ortho intramolecular Hbond substituents is 1. The Hall–Kier alpha value is -2.51. The van der Waals surface area contributed by atoms with Gasteiger partial charge in [-0.25, -0.2) is 0 Å². The summed E-state index contributed by atoms with van der Waals surface area (Å²) < 4.78 is 5.54. The van der Waals surface area contributed by atoms with Crippen molar-refractivity contribution in [2.45, 2.75) is 12.1 Å². The molecule has 128 valence electrons. The van der Waals surface area contributed by atoms with Gasteiger partial charge in [0.2, 0.25) is 11.8 Å². The highest BCUT2D eigenvalue weighted by atomic mass is 35.5. The summed E-state index contributed by atoms with van der Waals surface area (Å²) in [5, 5.41) is 20.9. The summed E-state index contributed by atoms with van der Waals surface area (Å²) in [5.74, 6) is 0.0804. The highest BCUT2D eigenvalue weighted by Gasteiger charge is 2.12. The predicted octanol–water partition coefficient (Wildman–Crippen LogP) is 4.13. The maximum Gasteiger partial charge on any atom is 0.277 e. The third-order valence-electron chi connectivity index (χ3n) is 3.26. The first-order valence-corrected chi connectivity index (χ1v) is 8.69. The fraction of sp³-hybridized carbons (Fsp3) is 0.118. The van der Waals surface area contributed by atoms with E-state index in [1.807, 2.05) is 31.2 Å². The molecule has 1 heterocycles. The summed E-state index contributed by atoms with van der Waals surface area (Å²) >= 11 is 6.95. The van der Waals surface area contributed by atoms with Gasteiger partial charge in [0, 0.05) is 10.6 Å². The summed E-state index contributed by atoms with van der Waals surface area (Å²) in [7, 11) is 0. The molecule has 0 spiro atoms. The number of benzene rings is 2. The number of thioether (sulfide) groups is 1. The third-order valence-corrected chi connectivity index (χ3v) is 4.32. The van der Waals surface area contributed by atoms with Crippen LogP contribution in [0.5, 0.6) is 5.75 Å². The number of aromatic nitrogens is 2. The van der Waals surface area contributed by atoms with E-state index in [4.69, 9.17) is 16.0 Å². The van der Waals surface area contributed by atoms with Crippen molar-refractivity contribution in [1.82, 2.24) is 10.2 Å². The lowest BCUT2D eigenvalue weighted by molar-refractivity contribution is -0.113. The van der Waals surface area contributed by atoms with E-state index < -0.39 is 0 Å². The van der Waals surface area contributed by atoms with E-state index in [9.17, 15) is 9.90 Å². The second kappa shape index (κ2) is 7.58. The summed E-state index contributed by atoms with van der Waals surface area (Å²) in [6.07, 6.45) is 0. The molecule has 1 aromatic heterocycles. The van der Waals surface area contributed by atoms with Crippen molar-refractivity contribution in [3.8, 4) is 17.2 Å². The van der Waals surface area contributed by atoms with Crippen LogP contribution in [0.3, 0.4) is 0 Å². The number of rotatable bonds is 5. The number of aryl methyl sites for hydroxylation is 1. The van der Waals surface area contributed by atoms with Gasteiger partial charge in [-0.3, -0.25) is 4.79 Å². The molecule has 0 radical (unpaired) electrons. The monoisotopic (exact) mass is 375 g/mol. The van der Waals surface area contributed by atoms with Crippen LogP contribution in [0.4, 0.5) is 5.69 Å². The van der Waals surface area contributed by atoms with Gasteiger partial charge in [-0.1, -0.05) is 41.1 Å². The Morgan fingerprint density at radius 3 is 2.76 bits per heavy atom. The van der Waals surface area contributed by atoms with Crippen LogP contribution >= 0.6 is 23.4 Å². The number of halogens is 1. The zero-order valence-corrected chi connectivity index (χ0v) is 14.8. The molecule has 0 aliphatic carbocycles. The Bertz CT molecular complexity index is 896. The van der Waals surface area contributed by atoms with Crippen LogP contribution in [-0.4, -0.2) is 27.0 Å². The molecule has 0 unspecified atom stereocenters. The quantitative estimate of drug-likeness (QED) is 0.514. The van der Waals surface area contributed by atoms with Gasteiger partial charge in [-0.15, -0.1) is 10.2 Å². The van der Waals surface area contributed by atoms with Gasteiger partial charge in [0.15, 0.2) is 0 Å². The first-order chi connectivity index (χ1) is 12.0. The van der Waals surface area contributed by atoms with Gasteiger partial charge in [-0.2, -0.15) is 0 Å². The molecule has 0 saturated heterocycles. The minimum Gasteiger partial charge on any atom is -0.506 e. The van der Waals surface area contributed by atoms with E-state index in [1.54, 1.807) is 0 Å². The summed E-state index contributed by atoms with van der Waals surface area (Å²) in [5.41, 5.74) is 2.21. The topological polar surface area (TPSA) is 88.2 Å². The smallest absolute Gasteiger partial charge is 0.277 e. The summed E-state index contributed by atoms with van der Waals surface area (Å²) in [6, 6.07) is 12.1. The van der Waals surface area contributed by atoms with E-state index in [0.29, 0.717) is 16.1 Å². The van der Waals surface area contributed by atoms with Gasteiger partial charge < -0.3 is 14.8 Å². The van der Waals surface area contributed by atoms with Crippen LogP contribution in [0, 0.1) is 6.92 Å². The lowest BCUT2D eigenvalue weighted by Gasteiger charge is -2.06. The van der Waals surface area contributed by atoms with E-state index in [-0.39, 0.29) is 23.1 Å². The predicted molar refractivity (Wildman–Crippen MR) is 96.9 cm³/mol. The molecule has 0 aliphatic heterocycles. The number of anilines is 1. The molecule has 6 nitrogen and oxygen atoms in total. The SMILES string of the molecule is Cc1ccc(-c2nnc(SCC(=O)Nc3cc(Cl)ccc3O)o2)cc1. The first-order valence-electron chi connectivity index (χ1n) is 7.33. The van der Waals surface area contributed by atoms with E-state index >= 15 is 0 Å². The maximum absolute atomic E-state index is 12.0. The van der Waals surface area contributed by atoms with Gasteiger partial charge in [-0.05, 0) is 37.3 Å². The average molecular weight is 376 g/mol. The minimum atomic E-state index is -0.322. The third kappa shape index (κ3) is 4.52. The molecule has 3 aromatic rings. The lowest BCUT2D eigenvalue weighted by atomic mass is 10.1. The Labute approximate surface area is 153 Å². The van der Waals surface area contributed by atoms with Gasteiger partial charge >= 0.3 is 0 Å². The molecule has 3 rings (SSSR count). The van der Waals surface area contributed by atoms with E-state index in [1.165, 1.54) is 18.2 Å². The van der Waals surface area contributed by atoms with Crippen LogP contribution < -0.4 is 5.32 Å². The molecule has 1 amide bonds. The van der Waals surface area contributed by atoms with Crippen molar-refractivity contribution in [2.75, 3.05) is 11.1 Å². The van der Waals surface area contributed by atoms with Crippen molar-refractivity contribution in [3.63, 3.8) is 0 Å². The highest BCUT2D eigenvalue weighted by Crippen LogP contribution is 2.27. The second-order valence-electron chi connectivity index (χ2n) is 5.24. The van der Waals surface area contributed by atoms with Crippen LogP contribution in [0.25, 0.3) is 11.5 Å². The molecule has 0 bridgehead atoms. The number of carbonyl (C=O) groups excluding carboxylic acids is 1. The zero-order chi connectivity index (χ0) is 17.8. The fourth-order valence-corrected chi connectivity index (χ4v) is 2.74. The number of aromatic hydroxyl groups is 1. The van der Waals surface area contributed by atoms with Gasteiger partial charge in [0.25, 0.3) is 5.22 Å². The number of nitrogens with one attached hydrogen (secondary N) is 1. The minimum absolute atomic E-state index is 0.0535. The average Bonchev–Trinajstić information content (AvgIpc) is 3.06. The zero-order valence-electron chi connectivity index (χ0n) is 13.2.